The largest absolute Gasteiger partial charge is 0.322 e. The van der Waals surface area contributed by atoms with Crippen LogP contribution in [0.2, 0.25) is 0 Å². The average molecular weight is 239 g/mol. The number of Topliss-reactive ketones (excluding diaryl/α,β-unsaturated/α-hetero) is 1. The van der Waals surface area contributed by atoms with E-state index in [-0.39, 0.29) is 11.7 Å². The highest BCUT2D eigenvalue weighted by Crippen LogP contribution is 2.11. The Bertz CT molecular complexity index is 559. The highest BCUT2D eigenvalue weighted by atomic mass is 16.1. The van der Waals surface area contributed by atoms with Crippen LogP contribution in [0.3, 0.4) is 0 Å². The van der Waals surface area contributed by atoms with E-state index >= 15 is 0 Å². The molecule has 0 spiro atoms. The van der Waals surface area contributed by atoms with Crippen molar-refractivity contribution in [2.24, 2.45) is 0 Å². The Morgan fingerprint density at radius 2 is 1.44 bits per heavy atom. The van der Waals surface area contributed by atoms with Gasteiger partial charge in [0, 0.05) is 16.8 Å². The SMILES string of the molecule is CC(=O)c1ccc(NC(=O)c2ccccc2)cc1. The topological polar surface area (TPSA) is 46.2 Å². The molecule has 0 aromatic heterocycles. The summed E-state index contributed by atoms with van der Waals surface area (Å²) < 4.78 is 0. The summed E-state index contributed by atoms with van der Waals surface area (Å²) in [5.41, 5.74) is 1.91. The molecule has 0 bridgehead atoms. The molecule has 0 aliphatic carbocycles. The predicted octanol–water partition coefficient (Wildman–Crippen LogP) is 3.14. The molecular formula is C15H13NO2. The van der Waals surface area contributed by atoms with Crippen LogP contribution < -0.4 is 5.32 Å². The molecule has 0 heterocycles. The van der Waals surface area contributed by atoms with Crippen molar-refractivity contribution in [3.05, 3.63) is 65.7 Å². The summed E-state index contributed by atoms with van der Waals surface area (Å²) in [6.07, 6.45) is 0. The van der Waals surface area contributed by atoms with E-state index in [2.05, 4.69) is 5.32 Å². The standard InChI is InChI=1S/C15H13NO2/c1-11(17)12-7-9-14(10-8-12)16-15(18)13-5-3-2-4-6-13/h2-10H,1H3,(H,16,18). The van der Waals surface area contributed by atoms with Crippen molar-refractivity contribution in [3.8, 4) is 0 Å². The van der Waals surface area contributed by atoms with Crippen LogP contribution in [0.4, 0.5) is 5.69 Å². The van der Waals surface area contributed by atoms with Crippen molar-refractivity contribution in [1.82, 2.24) is 0 Å². The van der Waals surface area contributed by atoms with Crippen molar-refractivity contribution in [2.45, 2.75) is 6.92 Å². The van der Waals surface area contributed by atoms with E-state index in [4.69, 9.17) is 0 Å². The molecule has 2 aromatic rings. The summed E-state index contributed by atoms with van der Waals surface area (Å²) in [5.74, 6) is -0.151. The Hall–Kier alpha value is -2.42. The van der Waals surface area contributed by atoms with Crippen molar-refractivity contribution in [2.75, 3.05) is 5.32 Å². The number of hydrogen-bond donors (Lipinski definition) is 1. The van der Waals surface area contributed by atoms with Gasteiger partial charge in [0.15, 0.2) is 5.78 Å². The molecule has 90 valence electrons. The van der Waals surface area contributed by atoms with E-state index in [0.29, 0.717) is 16.8 Å². The van der Waals surface area contributed by atoms with Gasteiger partial charge in [0.05, 0.1) is 0 Å². The second-order valence-electron chi connectivity index (χ2n) is 3.95. The van der Waals surface area contributed by atoms with E-state index in [1.807, 2.05) is 18.2 Å². The molecule has 2 rings (SSSR count). The lowest BCUT2D eigenvalue weighted by atomic mass is 10.1. The first-order valence-electron chi connectivity index (χ1n) is 5.64. The molecule has 3 nitrogen and oxygen atoms in total. The van der Waals surface area contributed by atoms with E-state index in [9.17, 15) is 9.59 Å². The van der Waals surface area contributed by atoms with Crippen LogP contribution in [0.1, 0.15) is 27.6 Å². The minimum Gasteiger partial charge on any atom is -0.322 e. The van der Waals surface area contributed by atoms with Crippen molar-refractivity contribution >= 4 is 17.4 Å². The van der Waals surface area contributed by atoms with Gasteiger partial charge in [-0.15, -0.1) is 0 Å². The fourth-order valence-corrected chi connectivity index (χ4v) is 1.58. The third-order valence-electron chi connectivity index (χ3n) is 2.59. The zero-order valence-electron chi connectivity index (χ0n) is 10.0. The molecular weight excluding hydrogens is 226 g/mol. The highest BCUT2D eigenvalue weighted by Gasteiger charge is 2.05. The first-order valence-corrected chi connectivity index (χ1v) is 5.64. The molecule has 1 amide bonds. The molecule has 18 heavy (non-hydrogen) atoms. The van der Waals surface area contributed by atoms with Gasteiger partial charge in [0.2, 0.25) is 0 Å². The van der Waals surface area contributed by atoms with Crippen LogP contribution in [0.15, 0.2) is 54.6 Å². The van der Waals surface area contributed by atoms with Gasteiger partial charge < -0.3 is 5.32 Å². The Labute approximate surface area is 105 Å². The lowest BCUT2D eigenvalue weighted by Crippen LogP contribution is -2.11. The molecule has 1 N–H and O–H groups in total. The third-order valence-corrected chi connectivity index (χ3v) is 2.59. The van der Waals surface area contributed by atoms with E-state index in [1.54, 1.807) is 36.4 Å². The minimum absolute atomic E-state index is 0.0101. The number of hydrogen-bond acceptors (Lipinski definition) is 2. The van der Waals surface area contributed by atoms with E-state index in [0.717, 1.165) is 0 Å². The van der Waals surface area contributed by atoms with Gasteiger partial charge >= 0.3 is 0 Å². The first-order chi connectivity index (χ1) is 8.66. The minimum atomic E-state index is -0.161. The maximum absolute atomic E-state index is 11.9. The summed E-state index contributed by atoms with van der Waals surface area (Å²) in [5, 5.41) is 2.77. The summed E-state index contributed by atoms with van der Waals surface area (Å²) in [7, 11) is 0. The maximum atomic E-state index is 11.9. The summed E-state index contributed by atoms with van der Waals surface area (Å²) in [4.78, 5) is 23.0. The lowest BCUT2D eigenvalue weighted by Gasteiger charge is -2.05. The quantitative estimate of drug-likeness (QED) is 0.836. The molecule has 0 fully saturated rings. The first kappa shape index (κ1) is 12.0. The second kappa shape index (κ2) is 5.27. The maximum Gasteiger partial charge on any atom is 0.255 e. The third kappa shape index (κ3) is 2.83. The average Bonchev–Trinajstić information content (AvgIpc) is 2.40. The van der Waals surface area contributed by atoms with Gasteiger partial charge in [-0.1, -0.05) is 18.2 Å². The molecule has 0 aliphatic heterocycles. The molecule has 0 atom stereocenters. The van der Waals surface area contributed by atoms with Gasteiger partial charge in [-0.25, -0.2) is 0 Å². The summed E-state index contributed by atoms with van der Waals surface area (Å²) >= 11 is 0. The Balaban J connectivity index is 2.10. The molecule has 0 saturated carbocycles. The number of amides is 1. The number of carbonyl (C=O) groups is 2. The van der Waals surface area contributed by atoms with Crippen molar-refractivity contribution in [3.63, 3.8) is 0 Å². The smallest absolute Gasteiger partial charge is 0.255 e. The fourth-order valence-electron chi connectivity index (χ4n) is 1.58. The van der Waals surface area contributed by atoms with Crippen LogP contribution in [-0.2, 0) is 0 Å². The fraction of sp³-hybridized carbons (Fsp3) is 0.0667. The van der Waals surface area contributed by atoms with Crippen LogP contribution >= 0.6 is 0 Å². The van der Waals surface area contributed by atoms with Gasteiger partial charge in [0.25, 0.3) is 5.91 Å². The zero-order valence-corrected chi connectivity index (χ0v) is 10.0. The monoisotopic (exact) mass is 239 g/mol. The Kier molecular flexibility index (Phi) is 3.53. The lowest BCUT2D eigenvalue weighted by molar-refractivity contribution is 0.101. The number of rotatable bonds is 3. The van der Waals surface area contributed by atoms with Gasteiger partial charge in [-0.05, 0) is 43.3 Å². The second-order valence-corrected chi connectivity index (χ2v) is 3.95. The zero-order chi connectivity index (χ0) is 13.0. The molecule has 2 aromatic carbocycles. The van der Waals surface area contributed by atoms with Crippen LogP contribution in [0, 0.1) is 0 Å². The molecule has 0 radical (unpaired) electrons. The Morgan fingerprint density at radius 1 is 0.833 bits per heavy atom. The van der Waals surface area contributed by atoms with Crippen LogP contribution in [0.25, 0.3) is 0 Å². The molecule has 3 heteroatoms. The predicted molar refractivity (Wildman–Crippen MR) is 70.8 cm³/mol. The van der Waals surface area contributed by atoms with Gasteiger partial charge in [0.1, 0.15) is 0 Å². The number of benzene rings is 2. The summed E-state index contributed by atoms with van der Waals surface area (Å²) in [6, 6.07) is 15.8. The number of ketones is 1. The molecule has 0 unspecified atom stereocenters. The highest BCUT2D eigenvalue weighted by molar-refractivity contribution is 6.04. The van der Waals surface area contributed by atoms with E-state index in [1.165, 1.54) is 6.92 Å². The normalized spacial score (nSPS) is 9.83. The van der Waals surface area contributed by atoms with Crippen LogP contribution in [-0.4, -0.2) is 11.7 Å². The Morgan fingerprint density at radius 3 is 2.00 bits per heavy atom. The summed E-state index contributed by atoms with van der Waals surface area (Å²) in [6.45, 7) is 1.51. The van der Waals surface area contributed by atoms with Gasteiger partial charge in [-0.3, -0.25) is 9.59 Å². The van der Waals surface area contributed by atoms with Crippen LogP contribution in [0.5, 0.6) is 0 Å². The number of carbonyl (C=O) groups excluding carboxylic acids is 2. The van der Waals surface area contributed by atoms with Crippen molar-refractivity contribution in [1.29, 1.82) is 0 Å². The molecule has 0 aliphatic rings. The molecule has 0 saturated heterocycles. The number of anilines is 1. The van der Waals surface area contributed by atoms with Gasteiger partial charge in [-0.2, -0.15) is 0 Å². The number of nitrogens with one attached hydrogen (secondary N) is 1. The van der Waals surface area contributed by atoms with Crippen molar-refractivity contribution < 1.29 is 9.59 Å². The van der Waals surface area contributed by atoms with E-state index < -0.39 is 0 Å².